The van der Waals surface area contributed by atoms with Gasteiger partial charge in [-0.05, 0) is 17.7 Å². The summed E-state index contributed by atoms with van der Waals surface area (Å²) in [6.45, 7) is 0.511. The molecule has 3 aromatic heterocycles. The molecule has 13 heteroatoms. The van der Waals surface area contributed by atoms with Crippen molar-refractivity contribution in [3.63, 3.8) is 0 Å². The molecule has 31 heavy (non-hydrogen) atoms. The molecular formula is C18H16F3N7O3. The van der Waals surface area contributed by atoms with Gasteiger partial charge in [-0.2, -0.15) is 18.3 Å². The first kappa shape index (κ1) is 21.7. The number of hydrogen-bond acceptors (Lipinski definition) is 7. The van der Waals surface area contributed by atoms with Crippen LogP contribution < -0.4 is 4.74 Å². The van der Waals surface area contributed by atoms with Gasteiger partial charge < -0.3 is 19.8 Å². The van der Waals surface area contributed by atoms with Crippen molar-refractivity contribution in [2.75, 3.05) is 6.61 Å². The highest BCUT2D eigenvalue weighted by atomic mass is 19.4. The van der Waals surface area contributed by atoms with E-state index < -0.39 is 29.6 Å². The first-order chi connectivity index (χ1) is 14.7. The summed E-state index contributed by atoms with van der Waals surface area (Å²) in [6, 6.07) is 1.87. The number of aromatic carboxylic acids is 1. The van der Waals surface area contributed by atoms with Crippen LogP contribution in [0.25, 0.3) is 0 Å². The molecule has 0 bridgehead atoms. The number of nitrogens with one attached hydrogen (secondary N) is 2. The van der Waals surface area contributed by atoms with Crippen LogP contribution >= 0.6 is 0 Å². The minimum Gasteiger partial charge on any atom is -0.477 e. The number of ether oxygens (including phenoxy) is 1. The van der Waals surface area contributed by atoms with Crippen molar-refractivity contribution in [2.45, 2.75) is 18.6 Å². The first-order valence-corrected chi connectivity index (χ1v) is 8.74. The maximum absolute atomic E-state index is 12.8. The van der Waals surface area contributed by atoms with Gasteiger partial charge in [-0.25, -0.2) is 19.4 Å². The standard InChI is InChI=1S/C18H16F3N7O3/c19-18(20,21)14-1-3-28(26-14)15(23)13(8-22)11-7-12(17(29)30)16(25-9-11)31-6-5-27-4-2-24-10-27/h1-4,7-10,13,22-23H,5-6H2,(H,29,30). The Hall–Kier alpha value is -4.03. The van der Waals surface area contributed by atoms with Crippen molar-refractivity contribution in [2.24, 2.45) is 0 Å². The summed E-state index contributed by atoms with van der Waals surface area (Å²) < 4.78 is 46.1. The number of hydrogen-bond donors (Lipinski definition) is 3. The Labute approximate surface area is 173 Å². The predicted molar refractivity (Wildman–Crippen MR) is 101 cm³/mol. The maximum atomic E-state index is 12.8. The van der Waals surface area contributed by atoms with E-state index in [4.69, 9.17) is 15.6 Å². The highest BCUT2D eigenvalue weighted by Gasteiger charge is 2.34. The summed E-state index contributed by atoms with van der Waals surface area (Å²) >= 11 is 0. The fourth-order valence-electron chi connectivity index (χ4n) is 2.66. The number of carboxylic acids is 1. The van der Waals surface area contributed by atoms with Crippen molar-refractivity contribution in [1.82, 2.24) is 24.3 Å². The lowest BCUT2D eigenvalue weighted by molar-refractivity contribution is -0.141. The van der Waals surface area contributed by atoms with E-state index in [2.05, 4.69) is 15.1 Å². The first-order valence-electron chi connectivity index (χ1n) is 8.74. The Bertz CT molecular complexity index is 1090. The lowest BCUT2D eigenvalue weighted by Crippen LogP contribution is -2.23. The molecule has 0 amide bonds. The number of aromatic nitrogens is 5. The smallest absolute Gasteiger partial charge is 0.435 e. The van der Waals surface area contributed by atoms with E-state index in [0.29, 0.717) is 17.3 Å². The number of halogens is 3. The third-order valence-electron chi connectivity index (χ3n) is 4.20. The second-order valence-corrected chi connectivity index (χ2v) is 6.25. The quantitative estimate of drug-likeness (QED) is 0.367. The van der Waals surface area contributed by atoms with Crippen LogP contribution in [-0.2, 0) is 12.7 Å². The SMILES string of the molecule is N=CC(C(=N)n1ccc(C(F)(F)F)n1)c1cnc(OCCn2ccnc2)c(C(=O)O)c1. The summed E-state index contributed by atoms with van der Waals surface area (Å²) in [6.07, 6.45) is 3.12. The molecule has 0 saturated heterocycles. The van der Waals surface area contributed by atoms with Gasteiger partial charge in [0.2, 0.25) is 5.88 Å². The highest BCUT2D eigenvalue weighted by molar-refractivity contribution is 6.01. The fraction of sp³-hybridized carbons (Fsp3) is 0.222. The van der Waals surface area contributed by atoms with Gasteiger partial charge in [0.15, 0.2) is 5.69 Å². The number of carboxylic acid groups (broad SMARTS) is 1. The molecule has 0 aromatic carbocycles. The average molecular weight is 435 g/mol. The van der Waals surface area contributed by atoms with Gasteiger partial charge in [-0.15, -0.1) is 0 Å². The topological polar surface area (TPSA) is 143 Å². The second kappa shape index (κ2) is 8.77. The van der Waals surface area contributed by atoms with E-state index in [0.717, 1.165) is 12.4 Å². The summed E-state index contributed by atoms with van der Waals surface area (Å²) in [5.41, 5.74) is -1.38. The van der Waals surface area contributed by atoms with Crippen LogP contribution in [0, 0.1) is 10.8 Å². The molecule has 10 nitrogen and oxygen atoms in total. The van der Waals surface area contributed by atoms with E-state index in [9.17, 15) is 23.1 Å². The lowest BCUT2D eigenvalue weighted by Gasteiger charge is -2.15. The zero-order chi connectivity index (χ0) is 22.6. The van der Waals surface area contributed by atoms with Gasteiger partial charge in [0.1, 0.15) is 18.0 Å². The Balaban J connectivity index is 1.81. The van der Waals surface area contributed by atoms with E-state index >= 15 is 0 Å². The van der Waals surface area contributed by atoms with E-state index in [1.807, 2.05) is 0 Å². The summed E-state index contributed by atoms with van der Waals surface area (Å²) in [5, 5.41) is 28.5. The fourth-order valence-corrected chi connectivity index (χ4v) is 2.66. The molecule has 0 aliphatic carbocycles. The van der Waals surface area contributed by atoms with Crippen molar-refractivity contribution in [3.8, 4) is 5.88 Å². The van der Waals surface area contributed by atoms with Crippen LogP contribution in [0.4, 0.5) is 13.2 Å². The van der Waals surface area contributed by atoms with E-state index in [-0.39, 0.29) is 23.6 Å². The zero-order valence-corrected chi connectivity index (χ0v) is 15.7. The molecule has 0 spiro atoms. The van der Waals surface area contributed by atoms with Gasteiger partial charge in [-0.1, -0.05) is 0 Å². The minimum atomic E-state index is -4.68. The van der Waals surface area contributed by atoms with Crippen LogP contribution in [0.1, 0.15) is 27.5 Å². The summed E-state index contributed by atoms with van der Waals surface area (Å²) in [7, 11) is 0. The largest absolute Gasteiger partial charge is 0.477 e. The number of rotatable bonds is 8. The Morgan fingerprint density at radius 3 is 2.71 bits per heavy atom. The van der Waals surface area contributed by atoms with Gasteiger partial charge in [0.05, 0.1) is 18.8 Å². The zero-order valence-electron chi connectivity index (χ0n) is 15.7. The van der Waals surface area contributed by atoms with Crippen molar-refractivity contribution in [3.05, 3.63) is 60.1 Å². The van der Waals surface area contributed by atoms with Crippen molar-refractivity contribution < 1.29 is 27.8 Å². The van der Waals surface area contributed by atoms with Crippen LogP contribution in [0.5, 0.6) is 5.88 Å². The highest BCUT2D eigenvalue weighted by Crippen LogP contribution is 2.28. The molecule has 3 heterocycles. The summed E-state index contributed by atoms with van der Waals surface area (Å²) in [4.78, 5) is 19.5. The molecule has 0 radical (unpaired) electrons. The van der Waals surface area contributed by atoms with Crippen molar-refractivity contribution >= 4 is 18.0 Å². The molecule has 0 aliphatic rings. The third kappa shape index (κ3) is 4.94. The molecule has 1 atom stereocenters. The average Bonchev–Trinajstić information content (AvgIpc) is 3.41. The molecule has 0 fully saturated rings. The van der Waals surface area contributed by atoms with Gasteiger partial charge >= 0.3 is 12.1 Å². The molecular weight excluding hydrogens is 419 g/mol. The molecule has 3 rings (SSSR count). The molecule has 162 valence electrons. The Morgan fingerprint density at radius 2 is 2.13 bits per heavy atom. The van der Waals surface area contributed by atoms with Crippen LogP contribution in [0.3, 0.4) is 0 Å². The lowest BCUT2D eigenvalue weighted by atomic mass is 9.99. The molecule has 3 N–H and O–H groups in total. The predicted octanol–water partition coefficient (Wildman–Crippen LogP) is 2.53. The van der Waals surface area contributed by atoms with Crippen LogP contribution in [0.15, 0.2) is 43.2 Å². The summed E-state index contributed by atoms with van der Waals surface area (Å²) in [5.74, 6) is -3.16. The van der Waals surface area contributed by atoms with E-state index in [1.165, 1.54) is 12.3 Å². The van der Waals surface area contributed by atoms with E-state index in [1.54, 1.807) is 23.3 Å². The number of alkyl halides is 3. The minimum absolute atomic E-state index is 0.111. The molecule has 1 unspecified atom stereocenters. The maximum Gasteiger partial charge on any atom is 0.435 e. The third-order valence-corrected chi connectivity index (χ3v) is 4.20. The Kier molecular flexibility index (Phi) is 6.13. The van der Waals surface area contributed by atoms with Crippen molar-refractivity contribution in [1.29, 1.82) is 10.8 Å². The number of carbonyl (C=O) groups is 1. The number of pyridine rings is 1. The normalized spacial score (nSPS) is 12.4. The molecule has 0 aliphatic heterocycles. The van der Waals surface area contributed by atoms with Gasteiger partial charge in [0.25, 0.3) is 0 Å². The van der Waals surface area contributed by atoms with Crippen LogP contribution in [0.2, 0.25) is 0 Å². The monoisotopic (exact) mass is 435 g/mol. The van der Waals surface area contributed by atoms with Crippen LogP contribution in [-0.4, -0.2) is 54.0 Å². The number of nitrogens with zero attached hydrogens (tertiary/aromatic N) is 5. The van der Waals surface area contributed by atoms with Gasteiger partial charge in [0, 0.05) is 31.0 Å². The second-order valence-electron chi connectivity index (χ2n) is 6.25. The Morgan fingerprint density at radius 1 is 1.35 bits per heavy atom. The van der Waals surface area contributed by atoms with Gasteiger partial charge in [-0.3, -0.25) is 5.41 Å². The molecule has 0 saturated carbocycles. The molecule has 3 aromatic rings. The number of imidazole rings is 1.